The second kappa shape index (κ2) is 4.51. The van der Waals surface area contributed by atoms with E-state index in [-0.39, 0.29) is 5.41 Å². The van der Waals surface area contributed by atoms with Crippen LogP contribution in [0.3, 0.4) is 0 Å². The van der Waals surface area contributed by atoms with Crippen LogP contribution in [-0.4, -0.2) is 22.4 Å². The lowest BCUT2D eigenvalue weighted by Gasteiger charge is -2.65. The van der Waals surface area contributed by atoms with Crippen molar-refractivity contribution in [3.63, 3.8) is 0 Å². The summed E-state index contributed by atoms with van der Waals surface area (Å²) in [6.45, 7) is 7.35. The Bertz CT molecular complexity index is 472. The van der Waals surface area contributed by atoms with E-state index in [1.54, 1.807) is 0 Å². The summed E-state index contributed by atoms with van der Waals surface area (Å²) >= 11 is 0. The summed E-state index contributed by atoms with van der Waals surface area (Å²) in [5, 5.41) is 20.9. The van der Waals surface area contributed by atoms with Crippen LogP contribution >= 0.6 is 0 Å². The highest BCUT2D eigenvalue weighted by atomic mass is 16.3. The SMILES string of the molecule is C[C@@]1(CO)CCC[C@@]2(C)[C@H]1CC[C@H]1C[C@H]3C[C@]12CC[C@]3(C)O. The Morgan fingerprint density at radius 2 is 1.73 bits per heavy atom. The maximum absolute atomic E-state index is 10.8. The van der Waals surface area contributed by atoms with Crippen molar-refractivity contribution in [2.45, 2.75) is 84.2 Å². The summed E-state index contributed by atoms with van der Waals surface area (Å²) < 4.78 is 0. The molecule has 126 valence electrons. The number of hydrogen-bond donors (Lipinski definition) is 2. The molecule has 22 heavy (non-hydrogen) atoms. The van der Waals surface area contributed by atoms with Crippen molar-refractivity contribution in [3.8, 4) is 0 Å². The van der Waals surface area contributed by atoms with Gasteiger partial charge in [0, 0.05) is 6.61 Å². The van der Waals surface area contributed by atoms with Crippen LogP contribution in [0.15, 0.2) is 0 Å². The van der Waals surface area contributed by atoms with E-state index in [2.05, 4.69) is 20.8 Å². The average Bonchev–Trinajstić information content (AvgIpc) is 2.82. The van der Waals surface area contributed by atoms with Gasteiger partial charge in [-0.1, -0.05) is 20.3 Å². The molecular weight excluding hydrogens is 272 g/mol. The highest BCUT2D eigenvalue weighted by Crippen LogP contribution is 2.75. The van der Waals surface area contributed by atoms with Gasteiger partial charge >= 0.3 is 0 Å². The highest BCUT2D eigenvalue weighted by molar-refractivity contribution is 5.17. The van der Waals surface area contributed by atoms with Gasteiger partial charge in [0.05, 0.1) is 5.60 Å². The standard InChI is InChI=1S/C20H34O2/c1-17(13-21)7-4-8-18(2)16(17)6-5-14-11-15-12-20(14,18)10-9-19(15,3)22/h14-16,21-22H,4-13H2,1-3H3/t14-,15-,16-,17-,18-,19-,20+/m0/s1. The number of hydrogen-bond acceptors (Lipinski definition) is 2. The third kappa shape index (κ3) is 1.69. The molecule has 2 bridgehead atoms. The van der Waals surface area contributed by atoms with Crippen molar-refractivity contribution in [1.82, 2.24) is 0 Å². The van der Waals surface area contributed by atoms with Gasteiger partial charge in [-0.25, -0.2) is 0 Å². The largest absolute Gasteiger partial charge is 0.396 e. The third-order valence-electron chi connectivity index (χ3n) is 9.27. The molecule has 2 N–H and O–H groups in total. The first-order valence-corrected chi connectivity index (χ1v) is 9.61. The molecule has 0 unspecified atom stereocenters. The lowest BCUT2D eigenvalue weighted by Crippen LogP contribution is -2.59. The fourth-order valence-corrected chi connectivity index (χ4v) is 7.90. The molecule has 4 rings (SSSR count). The Morgan fingerprint density at radius 1 is 0.955 bits per heavy atom. The molecule has 0 aliphatic heterocycles. The van der Waals surface area contributed by atoms with Gasteiger partial charge in [-0.05, 0) is 92.3 Å². The molecule has 0 aromatic rings. The Kier molecular flexibility index (Phi) is 3.16. The minimum atomic E-state index is -0.427. The van der Waals surface area contributed by atoms with Crippen LogP contribution in [0.25, 0.3) is 0 Å². The van der Waals surface area contributed by atoms with Crippen LogP contribution in [-0.2, 0) is 0 Å². The zero-order valence-electron chi connectivity index (χ0n) is 14.7. The van der Waals surface area contributed by atoms with E-state index in [1.165, 1.54) is 51.4 Å². The monoisotopic (exact) mass is 306 g/mol. The van der Waals surface area contributed by atoms with Gasteiger partial charge < -0.3 is 10.2 Å². The zero-order valence-corrected chi connectivity index (χ0v) is 14.7. The van der Waals surface area contributed by atoms with E-state index in [0.717, 1.165) is 12.3 Å². The van der Waals surface area contributed by atoms with Crippen LogP contribution < -0.4 is 0 Å². The van der Waals surface area contributed by atoms with E-state index in [0.29, 0.717) is 29.3 Å². The van der Waals surface area contributed by atoms with Crippen molar-refractivity contribution in [2.24, 2.45) is 34.0 Å². The first kappa shape index (κ1) is 15.4. The summed E-state index contributed by atoms with van der Waals surface area (Å²) in [6.07, 6.45) is 11.2. The van der Waals surface area contributed by atoms with Crippen molar-refractivity contribution < 1.29 is 10.2 Å². The molecule has 0 saturated heterocycles. The van der Waals surface area contributed by atoms with Crippen molar-refractivity contribution in [3.05, 3.63) is 0 Å². The topological polar surface area (TPSA) is 40.5 Å². The first-order chi connectivity index (χ1) is 10.3. The second-order valence-electron chi connectivity index (χ2n) is 10.1. The van der Waals surface area contributed by atoms with E-state index >= 15 is 0 Å². The average molecular weight is 306 g/mol. The molecule has 4 saturated carbocycles. The molecule has 0 aromatic heterocycles. The smallest absolute Gasteiger partial charge is 0.0648 e. The zero-order chi connectivity index (χ0) is 15.8. The van der Waals surface area contributed by atoms with E-state index in [4.69, 9.17) is 0 Å². The van der Waals surface area contributed by atoms with Crippen molar-refractivity contribution in [2.75, 3.05) is 6.61 Å². The molecule has 4 aliphatic carbocycles. The third-order valence-corrected chi connectivity index (χ3v) is 9.27. The summed E-state index contributed by atoms with van der Waals surface area (Å²) in [6, 6.07) is 0. The summed E-state index contributed by atoms with van der Waals surface area (Å²) in [4.78, 5) is 0. The molecule has 0 heterocycles. The number of aliphatic hydroxyl groups excluding tert-OH is 1. The van der Waals surface area contributed by atoms with Gasteiger partial charge in [0.2, 0.25) is 0 Å². The molecule has 4 aliphatic rings. The van der Waals surface area contributed by atoms with Crippen LogP contribution in [0, 0.1) is 34.0 Å². The number of aliphatic hydroxyl groups is 2. The van der Waals surface area contributed by atoms with Crippen molar-refractivity contribution >= 4 is 0 Å². The lowest BCUT2D eigenvalue weighted by molar-refractivity contribution is -0.182. The molecule has 0 radical (unpaired) electrons. The highest BCUT2D eigenvalue weighted by Gasteiger charge is 2.68. The Balaban J connectivity index is 1.76. The Hall–Kier alpha value is -0.0800. The number of fused-ring (bicyclic) bond motifs is 2. The molecule has 2 heteroatoms. The summed E-state index contributed by atoms with van der Waals surface area (Å²) in [5.74, 6) is 2.02. The predicted octanol–water partition coefficient (Wildman–Crippen LogP) is 4.14. The van der Waals surface area contributed by atoms with Crippen LogP contribution in [0.2, 0.25) is 0 Å². The Morgan fingerprint density at radius 3 is 2.45 bits per heavy atom. The van der Waals surface area contributed by atoms with Gasteiger partial charge in [-0.15, -0.1) is 0 Å². The van der Waals surface area contributed by atoms with Gasteiger partial charge in [-0.3, -0.25) is 0 Å². The van der Waals surface area contributed by atoms with Gasteiger partial charge in [-0.2, -0.15) is 0 Å². The van der Waals surface area contributed by atoms with Crippen LogP contribution in [0.4, 0.5) is 0 Å². The van der Waals surface area contributed by atoms with E-state index in [1.807, 2.05) is 0 Å². The normalized spacial score (nSPS) is 60.7. The van der Waals surface area contributed by atoms with Crippen molar-refractivity contribution in [1.29, 1.82) is 0 Å². The molecular formula is C20H34O2. The minimum absolute atomic E-state index is 0.130. The summed E-state index contributed by atoms with van der Waals surface area (Å²) in [7, 11) is 0. The van der Waals surface area contributed by atoms with E-state index in [9.17, 15) is 10.2 Å². The molecule has 1 spiro atoms. The minimum Gasteiger partial charge on any atom is -0.396 e. The predicted molar refractivity (Wildman–Crippen MR) is 88.4 cm³/mol. The number of rotatable bonds is 1. The molecule has 2 nitrogen and oxygen atoms in total. The van der Waals surface area contributed by atoms with E-state index < -0.39 is 5.60 Å². The van der Waals surface area contributed by atoms with Gasteiger partial charge in [0.15, 0.2) is 0 Å². The summed E-state index contributed by atoms with van der Waals surface area (Å²) in [5.41, 5.74) is 0.546. The van der Waals surface area contributed by atoms with Gasteiger partial charge in [0.1, 0.15) is 0 Å². The quantitative estimate of drug-likeness (QED) is 0.764. The molecule has 7 atom stereocenters. The molecule has 0 aromatic carbocycles. The fraction of sp³-hybridized carbons (Fsp3) is 1.00. The van der Waals surface area contributed by atoms with Gasteiger partial charge in [0.25, 0.3) is 0 Å². The van der Waals surface area contributed by atoms with Crippen LogP contribution in [0.5, 0.6) is 0 Å². The van der Waals surface area contributed by atoms with Crippen LogP contribution in [0.1, 0.15) is 78.6 Å². The molecule has 0 amide bonds. The lowest BCUT2D eigenvalue weighted by atomic mass is 9.39. The maximum atomic E-state index is 10.8. The second-order valence-corrected chi connectivity index (χ2v) is 10.1. The fourth-order valence-electron chi connectivity index (χ4n) is 7.90. The Labute approximate surface area is 135 Å². The maximum Gasteiger partial charge on any atom is 0.0648 e. The molecule has 4 fully saturated rings. The first-order valence-electron chi connectivity index (χ1n) is 9.61.